The van der Waals surface area contributed by atoms with Crippen LogP contribution in [0.15, 0.2) is 36.4 Å². The van der Waals surface area contributed by atoms with E-state index in [1.54, 1.807) is 33.5 Å². The molecule has 7 heteroatoms. The van der Waals surface area contributed by atoms with Crippen LogP contribution in [0.2, 0.25) is 0 Å². The van der Waals surface area contributed by atoms with Crippen LogP contribution < -0.4 is 24.0 Å². The van der Waals surface area contributed by atoms with E-state index in [9.17, 15) is 4.79 Å². The Labute approximate surface area is 172 Å². The van der Waals surface area contributed by atoms with E-state index < -0.39 is 0 Å². The van der Waals surface area contributed by atoms with Gasteiger partial charge in [-0.15, -0.1) is 0 Å². The second-order valence-corrected chi connectivity index (χ2v) is 7.15. The number of rotatable bonds is 7. The fourth-order valence-electron chi connectivity index (χ4n) is 3.55. The van der Waals surface area contributed by atoms with Gasteiger partial charge in [0.15, 0.2) is 11.5 Å². The van der Waals surface area contributed by atoms with Crippen molar-refractivity contribution in [1.29, 1.82) is 0 Å². The Morgan fingerprint density at radius 3 is 2.14 bits per heavy atom. The van der Waals surface area contributed by atoms with E-state index in [2.05, 4.69) is 30.0 Å². The number of benzene rings is 2. The predicted octanol–water partition coefficient (Wildman–Crippen LogP) is 2.74. The fraction of sp³-hybridized carbons (Fsp3) is 0.409. The molecule has 0 fully saturated rings. The lowest BCUT2D eigenvalue weighted by atomic mass is 10.1. The number of carbonyl (C=O) groups excluding carboxylic acids is 1. The highest BCUT2D eigenvalue weighted by Crippen LogP contribution is 2.40. The first-order chi connectivity index (χ1) is 14.0. The van der Waals surface area contributed by atoms with E-state index in [-0.39, 0.29) is 5.91 Å². The number of para-hydroxylation sites is 2. The van der Waals surface area contributed by atoms with E-state index in [0.29, 0.717) is 29.4 Å². The monoisotopic (exact) mass is 399 g/mol. The molecule has 2 aromatic carbocycles. The minimum absolute atomic E-state index is 0.0936. The third-order valence-corrected chi connectivity index (χ3v) is 5.08. The summed E-state index contributed by atoms with van der Waals surface area (Å²) in [5, 5.41) is 0. The molecule has 1 heterocycles. The molecule has 1 aliphatic heterocycles. The number of anilines is 2. The molecule has 0 saturated carbocycles. The summed E-state index contributed by atoms with van der Waals surface area (Å²) >= 11 is 0. The highest BCUT2D eigenvalue weighted by Gasteiger charge is 2.28. The van der Waals surface area contributed by atoms with Gasteiger partial charge in [-0.2, -0.15) is 0 Å². The molecule has 0 aromatic heterocycles. The molecular formula is C22H29N3O4. The molecule has 29 heavy (non-hydrogen) atoms. The van der Waals surface area contributed by atoms with Crippen molar-refractivity contribution in [1.82, 2.24) is 4.90 Å². The number of nitrogens with zero attached hydrogens (tertiary/aromatic N) is 3. The van der Waals surface area contributed by atoms with Crippen molar-refractivity contribution >= 4 is 17.3 Å². The van der Waals surface area contributed by atoms with Crippen LogP contribution >= 0.6 is 0 Å². The minimum atomic E-state index is -0.0936. The van der Waals surface area contributed by atoms with Crippen LogP contribution in [0.3, 0.4) is 0 Å². The SMILES string of the molecule is COc1cc(C(=O)N2CCN(CCN(C)C)c3ccccc32)cc(OC)c1OC. The number of hydrogen-bond acceptors (Lipinski definition) is 6. The van der Waals surface area contributed by atoms with Crippen molar-refractivity contribution in [3.05, 3.63) is 42.0 Å². The molecule has 156 valence electrons. The molecule has 2 aromatic rings. The average Bonchev–Trinajstić information content (AvgIpc) is 2.75. The van der Waals surface area contributed by atoms with Gasteiger partial charge in [0.25, 0.3) is 5.91 Å². The molecule has 0 saturated heterocycles. The first-order valence-electron chi connectivity index (χ1n) is 9.60. The first-order valence-corrected chi connectivity index (χ1v) is 9.60. The summed E-state index contributed by atoms with van der Waals surface area (Å²) in [4.78, 5) is 19.7. The quantitative estimate of drug-likeness (QED) is 0.714. The molecule has 0 radical (unpaired) electrons. The predicted molar refractivity (Wildman–Crippen MR) is 115 cm³/mol. The van der Waals surface area contributed by atoms with Crippen LogP contribution in [-0.2, 0) is 0 Å². The topological polar surface area (TPSA) is 54.5 Å². The molecule has 0 unspecified atom stereocenters. The highest BCUT2D eigenvalue weighted by molar-refractivity contribution is 6.09. The van der Waals surface area contributed by atoms with Gasteiger partial charge in [-0.3, -0.25) is 4.79 Å². The molecule has 0 N–H and O–H groups in total. The second-order valence-electron chi connectivity index (χ2n) is 7.15. The van der Waals surface area contributed by atoms with E-state index in [1.807, 2.05) is 23.1 Å². The van der Waals surface area contributed by atoms with E-state index in [0.717, 1.165) is 31.0 Å². The standard InChI is InChI=1S/C22H29N3O4/c1-23(2)10-11-24-12-13-25(18-9-7-6-8-17(18)24)22(26)16-14-19(27-3)21(29-5)20(15-16)28-4/h6-9,14-15H,10-13H2,1-5H3. The zero-order chi connectivity index (χ0) is 21.0. The number of methoxy groups -OCH3 is 3. The van der Waals surface area contributed by atoms with Crippen LogP contribution in [0, 0.1) is 0 Å². The molecule has 7 nitrogen and oxygen atoms in total. The Morgan fingerprint density at radius 1 is 0.966 bits per heavy atom. The Bertz CT molecular complexity index is 844. The minimum Gasteiger partial charge on any atom is -0.493 e. The van der Waals surface area contributed by atoms with Gasteiger partial charge in [0, 0.05) is 31.7 Å². The number of amides is 1. The maximum atomic E-state index is 13.4. The summed E-state index contributed by atoms with van der Waals surface area (Å²) in [6, 6.07) is 11.4. The molecule has 1 aliphatic rings. The van der Waals surface area contributed by atoms with Crippen molar-refractivity contribution in [3.8, 4) is 17.2 Å². The van der Waals surface area contributed by atoms with E-state index >= 15 is 0 Å². The van der Waals surface area contributed by atoms with Crippen LogP contribution in [-0.4, -0.2) is 72.4 Å². The van der Waals surface area contributed by atoms with Crippen LogP contribution in [0.25, 0.3) is 0 Å². The number of likely N-dealkylation sites (N-methyl/N-ethyl adjacent to an activating group) is 1. The normalized spacial score (nSPS) is 13.3. The second kappa shape index (κ2) is 9.05. The van der Waals surface area contributed by atoms with Crippen molar-refractivity contribution < 1.29 is 19.0 Å². The lowest BCUT2D eigenvalue weighted by molar-refractivity contribution is 0.0985. The summed E-state index contributed by atoms with van der Waals surface area (Å²) in [5.74, 6) is 1.31. The van der Waals surface area contributed by atoms with Crippen LogP contribution in [0.5, 0.6) is 17.2 Å². The van der Waals surface area contributed by atoms with Gasteiger partial charge in [0.05, 0.1) is 32.7 Å². The summed E-state index contributed by atoms with van der Waals surface area (Å²) in [6.45, 7) is 3.26. The molecule has 3 rings (SSSR count). The lowest BCUT2D eigenvalue weighted by Crippen LogP contribution is -2.45. The third-order valence-electron chi connectivity index (χ3n) is 5.08. The maximum Gasteiger partial charge on any atom is 0.258 e. The Hall–Kier alpha value is -2.93. The third kappa shape index (κ3) is 4.24. The largest absolute Gasteiger partial charge is 0.493 e. The number of fused-ring (bicyclic) bond motifs is 1. The zero-order valence-electron chi connectivity index (χ0n) is 17.8. The summed E-state index contributed by atoms with van der Waals surface area (Å²) in [6.07, 6.45) is 0. The van der Waals surface area contributed by atoms with Crippen molar-refractivity contribution in [3.63, 3.8) is 0 Å². The highest BCUT2D eigenvalue weighted by atomic mass is 16.5. The van der Waals surface area contributed by atoms with Crippen LogP contribution in [0.4, 0.5) is 11.4 Å². The molecule has 0 atom stereocenters. The smallest absolute Gasteiger partial charge is 0.258 e. The van der Waals surface area contributed by atoms with Crippen molar-refractivity contribution in [2.45, 2.75) is 0 Å². The van der Waals surface area contributed by atoms with Gasteiger partial charge in [-0.1, -0.05) is 12.1 Å². The molecule has 0 aliphatic carbocycles. The zero-order valence-corrected chi connectivity index (χ0v) is 17.8. The van der Waals surface area contributed by atoms with E-state index in [1.165, 1.54) is 0 Å². The van der Waals surface area contributed by atoms with E-state index in [4.69, 9.17) is 14.2 Å². The van der Waals surface area contributed by atoms with Gasteiger partial charge in [-0.25, -0.2) is 0 Å². The van der Waals surface area contributed by atoms with Gasteiger partial charge in [-0.05, 0) is 38.4 Å². The Kier molecular flexibility index (Phi) is 6.49. The molecular weight excluding hydrogens is 370 g/mol. The summed E-state index contributed by atoms with van der Waals surface area (Å²) in [5.41, 5.74) is 2.48. The fourth-order valence-corrected chi connectivity index (χ4v) is 3.55. The number of ether oxygens (including phenoxy) is 3. The summed E-state index contributed by atoms with van der Waals surface area (Å²) < 4.78 is 16.2. The van der Waals surface area contributed by atoms with Crippen molar-refractivity contribution in [2.75, 3.05) is 71.4 Å². The van der Waals surface area contributed by atoms with Gasteiger partial charge in [0.1, 0.15) is 0 Å². The summed E-state index contributed by atoms with van der Waals surface area (Å²) in [7, 11) is 8.77. The average molecular weight is 399 g/mol. The first kappa shape index (κ1) is 20.8. The molecule has 0 spiro atoms. The molecule has 0 bridgehead atoms. The molecule has 1 amide bonds. The van der Waals surface area contributed by atoms with Crippen LogP contribution in [0.1, 0.15) is 10.4 Å². The van der Waals surface area contributed by atoms with Gasteiger partial charge < -0.3 is 28.9 Å². The Morgan fingerprint density at radius 2 is 1.59 bits per heavy atom. The van der Waals surface area contributed by atoms with Gasteiger partial charge >= 0.3 is 0 Å². The lowest BCUT2D eigenvalue weighted by Gasteiger charge is -2.38. The number of carbonyl (C=O) groups is 1. The van der Waals surface area contributed by atoms with Crippen molar-refractivity contribution in [2.24, 2.45) is 0 Å². The maximum absolute atomic E-state index is 13.4. The number of hydrogen-bond donors (Lipinski definition) is 0. The van der Waals surface area contributed by atoms with Gasteiger partial charge in [0.2, 0.25) is 5.75 Å². The Balaban J connectivity index is 1.94.